The summed E-state index contributed by atoms with van der Waals surface area (Å²) in [4.78, 5) is 17.4. The molecule has 0 unspecified atom stereocenters. The number of aromatic nitrogens is 1. The van der Waals surface area contributed by atoms with Crippen molar-refractivity contribution in [3.05, 3.63) is 71.3 Å². The van der Waals surface area contributed by atoms with Crippen molar-refractivity contribution in [1.82, 2.24) is 4.57 Å². The normalized spacial score (nSPS) is 12.6. The van der Waals surface area contributed by atoms with E-state index in [2.05, 4.69) is 17.1 Å². The van der Waals surface area contributed by atoms with Crippen LogP contribution in [0.2, 0.25) is 0 Å². The van der Waals surface area contributed by atoms with Gasteiger partial charge in [0.2, 0.25) is 5.91 Å². The summed E-state index contributed by atoms with van der Waals surface area (Å²) in [5.74, 6) is -1.04. The van der Waals surface area contributed by atoms with Crippen molar-refractivity contribution in [3.8, 4) is 0 Å². The van der Waals surface area contributed by atoms with E-state index in [0.29, 0.717) is 11.3 Å². The Morgan fingerprint density at radius 2 is 1.81 bits per heavy atom. The van der Waals surface area contributed by atoms with Crippen molar-refractivity contribution < 1.29 is 17.6 Å². The second-order valence-corrected chi connectivity index (χ2v) is 10.2. The highest BCUT2D eigenvalue weighted by molar-refractivity contribution is 7.91. The van der Waals surface area contributed by atoms with Gasteiger partial charge in [0.05, 0.1) is 20.9 Å². The van der Waals surface area contributed by atoms with Crippen LogP contribution in [0.3, 0.4) is 0 Å². The number of benzene rings is 3. The molecule has 3 aromatic carbocycles. The average Bonchev–Trinajstić information content (AvgIpc) is 3.11. The van der Waals surface area contributed by atoms with Crippen LogP contribution in [0.1, 0.15) is 19.8 Å². The molecule has 31 heavy (non-hydrogen) atoms. The number of hydrogen-bond donors (Lipinski definition) is 0. The van der Waals surface area contributed by atoms with Gasteiger partial charge in [0, 0.05) is 18.4 Å². The molecule has 8 heteroatoms. The van der Waals surface area contributed by atoms with Crippen molar-refractivity contribution in [2.75, 3.05) is 5.75 Å². The van der Waals surface area contributed by atoms with Gasteiger partial charge in [-0.05, 0) is 49.1 Å². The fourth-order valence-corrected chi connectivity index (χ4v) is 6.08. The molecule has 160 valence electrons. The summed E-state index contributed by atoms with van der Waals surface area (Å²) in [7, 11) is -3.57. The van der Waals surface area contributed by atoms with Gasteiger partial charge in [-0.25, -0.2) is 12.8 Å². The number of thiazole rings is 1. The summed E-state index contributed by atoms with van der Waals surface area (Å²) in [5.41, 5.74) is 1.02. The Bertz CT molecular complexity index is 1440. The number of nitrogens with zero attached hydrogens (tertiary/aromatic N) is 2. The number of sulfone groups is 1. The maximum absolute atomic E-state index is 13.0. The van der Waals surface area contributed by atoms with Crippen molar-refractivity contribution in [2.45, 2.75) is 31.2 Å². The van der Waals surface area contributed by atoms with E-state index in [1.807, 2.05) is 35.8 Å². The van der Waals surface area contributed by atoms with Gasteiger partial charge in [0.25, 0.3) is 0 Å². The number of hydrogen-bond acceptors (Lipinski definition) is 4. The quantitative estimate of drug-likeness (QED) is 0.395. The lowest BCUT2D eigenvalue weighted by Crippen LogP contribution is -2.16. The molecule has 4 rings (SSSR count). The SMILES string of the molecule is CCn1c(=NC(=O)CCCS(=O)(=O)c2ccc(F)cc2)sc2c3ccccc3ccc21. The molecule has 0 aliphatic heterocycles. The molecule has 1 heterocycles. The molecular weight excluding hydrogens is 435 g/mol. The summed E-state index contributed by atoms with van der Waals surface area (Å²) >= 11 is 1.47. The number of aryl methyl sites for hydroxylation is 1. The van der Waals surface area contributed by atoms with E-state index in [1.165, 1.54) is 23.5 Å². The van der Waals surface area contributed by atoms with Gasteiger partial charge in [0.15, 0.2) is 14.6 Å². The van der Waals surface area contributed by atoms with Crippen LogP contribution in [-0.2, 0) is 21.2 Å². The lowest BCUT2D eigenvalue weighted by molar-refractivity contribution is -0.118. The molecule has 1 aromatic heterocycles. The van der Waals surface area contributed by atoms with Crippen molar-refractivity contribution in [2.24, 2.45) is 4.99 Å². The third kappa shape index (κ3) is 4.45. The van der Waals surface area contributed by atoms with Crippen molar-refractivity contribution >= 4 is 48.1 Å². The highest BCUT2D eigenvalue weighted by atomic mass is 32.2. The third-order valence-electron chi connectivity index (χ3n) is 5.09. The van der Waals surface area contributed by atoms with Crippen molar-refractivity contribution in [1.29, 1.82) is 0 Å². The summed E-state index contributed by atoms with van der Waals surface area (Å²) in [6, 6.07) is 16.9. The number of fused-ring (bicyclic) bond motifs is 3. The van der Waals surface area contributed by atoms with Crippen molar-refractivity contribution in [3.63, 3.8) is 0 Å². The van der Waals surface area contributed by atoms with Crippen LogP contribution >= 0.6 is 11.3 Å². The van der Waals surface area contributed by atoms with Gasteiger partial charge in [-0.2, -0.15) is 4.99 Å². The Hall–Kier alpha value is -2.84. The zero-order valence-electron chi connectivity index (χ0n) is 16.9. The minimum atomic E-state index is -3.57. The van der Waals surface area contributed by atoms with E-state index in [9.17, 15) is 17.6 Å². The largest absolute Gasteiger partial charge is 0.317 e. The number of amides is 1. The molecule has 1 amide bonds. The molecule has 4 aromatic rings. The van der Waals surface area contributed by atoms with Crippen LogP contribution in [0.4, 0.5) is 4.39 Å². The van der Waals surface area contributed by atoms with E-state index < -0.39 is 15.7 Å². The molecule has 0 fully saturated rings. The fraction of sp³-hybridized carbons (Fsp3) is 0.217. The minimum absolute atomic E-state index is 0.0269. The molecule has 0 spiro atoms. The van der Waals surface area contributed by atoms with Gasteiger partial charge < -0.3 is 4.57 Å². The first-order valence-corrected chi connectivity index (χ1v) is 12.4. The molecule has 0 saturated heterocycles. The minimum Gasteiger partial charge on any atom is -0.317 e. The zero-order chi connectivity index (χ0) is 22.0. The van der Waals surface area contributed by atoms with Crippen LogP contribution in [0, 0.1) is 5.82 Å². The summed E-state index contributed by atoms with van der Waals surface area (Å²) in [6.07, 6.45) is 0.182. The van der Waals surface area contributed by atoms with Crippen LogP contribution in [0.5, 0.6) is 0 Å². The summed E-state index contributed by atoms with van der Waals surface area (Å²) in [6.45, 7) is 2.67. The van der Waals surface area contributed by atoms with Gasteiger partial charge in [-0.15, -0.1) is 0 Å². The Morgan fingerprint density at radius 3 is 2.55 bits per heavy atom. The Morgan fingerprint density at radius 1 is 1.06 bits per heavy atom. The fourth-order valence-electron chi connectivity index (χ4n) is 3.53. The number of halogens is 1. The highest BCUT2D eigenvalue weighted by Gasteiger charge is 2.15. The lowest BCUT2D eigenvalue weighted by atomic mass is 10.1. The van der Waals surface area contributed by atoms with Crippen LogP contribution in [0.25, 0.3) is 21.0 Å². The Kier molecular flexibility index (Phi) is 6.02. The maximum atomic E-state index is 13.0. The monoisotopic (exact) mass is 456 g/mol. The number of carbonyl (C=O) groups excluding carboxylic acids is 1. The molecule has 0 atom stereocenters. The molecular formula is C23H21FN2O3S2. The first kappa shape index (κ1) is 21.4. The van der Waals surface area contributed by atoms with E-state index in [1.54, 1.807) is 0 Å². The van der Waals surface area contributed by atoms with E-state index in [0.717, 1.165) is 33.1 Å². The molecule has 0 radical (unpaired) electrons. The third-order valence-corrected chi connectivity index (χ3v) is 8.03. The second-order valence-electron chi connectivity index (χ2n) is 7.15. The van der Waals surface area contributed by atoms with Gasteiger partial charge in [-0.1, -0.05) is 41.7 Å². The second kappa shape index (κ2) is 8.72. The van der Waals surface area contributed by atoms with Crippen LogP contribution in [-0.4, -0.2) is 24.6 Å². The first-order chi connectivity index (χ1) is 14.9. The Labute approximate surface area is 183 Å². The predicted octanol–water partition coefficient (Wildman–Crippen LogP) is 4.70. The molecule has 0 aliphatic carbocycles. The topological polar surface area (TPSA) is 68.5 Å². The molecule has 0 bridgehead atoms. The van der Waals surface area contributed by atoms with Crippen LogP contribution < -0.4 is 4.80 Å². The first-order valence-electron chi connectivity index (χ1n) is 9.96. The highest BCUT2D eigenvalue weighted by Crippen LogP contribution is 2.27. The maximum Gasteiger partial charge on any atom is 0.248 e. The van der Waals surface area contributed by atoms with E-state index in [4.69, 9.17) is 0 Å². The van der Waals surface area contributed by atoms with Crippen LogP contribution in [0.15, 0.2) is 70.6 Å². The zero-order valence-corrected chi connectivity index (χ0v) is 18.5. The van der Waals surface area contributed by atoms with E-state index >= 15 is 0 Å². The van der Waals surface area contributed by atoms with E-state index in [-0.39, 0.29) is 29.4 Å². The summed E-state index contributed by atoms with van der Waals surface area (Å²) in [5, 5.41) is 2.25. The lowest BCUT2D eigenvalue weighted by Gasteiger charge is -2.03. The van der Waals surface area contributed by atoms with Gasteiger partial charge in [-0.3, -0.25) is 4.79 Å². The standard InChI is InChI=1S/C23H21FN2O3S2/c1-2-26-20-14-9-16-6-3-4-7-19(16)22(20)30-23(26)25-21(27)8-5-15-31(28,29)18-12-10-17(24)11-13-18/h3-4,6-7,9-14H,2,5,8,15H2,1H3. The molecule has 0 saturated carbocycles. The van der Waals surface area contributed by atoms with Gasteiger partial charge >= 0.3 is 0 Å². The molecule has 0 aliphatic rings. The molecule has 0 N–H and O–H groups in total. The average molecular weight is 457 g/mol. The smallest absolute Gasteiger partial charge is 0.248 e. The van der Waals surface area contributed by atoms with Gasteiger partial charge in [0.1, 0.15) is 5.82 Å². The molecule has 5 nitrogen and oxygen atoms in total. The Balaban J connectivity index is 1.55. The summed E-state index contributed by atoms with van der Waals surface area (Å²) < 4.78 is 40.8. The number of carbonyl (C=O) groups is 1. The number of rotatable bonds is 6. The predicted molar refractivity (Wildman–Crippen MR) is 121 cm³/mol.